The molecule has 0 aliphatic carbocycles. The lowest BCUT2D eigenvalue weighted by atomic mass is 9.77. The second-order valence-corrected chi connectivity index (χ2v) is 11.7. The average molecular weight is 614 g/mol. The fraction of sp³-hybridized carbons (Fsp3) is 0.125. The summed E-state index contributed by atoms with van der Waals surface area (Å²) in [6.45, 7) is 4.65. The lowest BCUT2D eigenvalue weighted by Crippen LogP contribution is -2.39. The molecular formula is C40H35N7. The van der Waals surface area contributed by atoms with Crippen LogP contribution in [0.4, 0.5) is 5.82 Å². The van der Waals surface area contributed by atoms with Crippen LogP contribution in [0.1, 0.15) is 33.8 Å². The molecule has 0 aliphatic rings. The molecule has 7 aromatic rings. The molecule has 2 aromatic heterocycles. The molecular weight excluding hydrogens is 578 g/mol. The third-order valence-electron chi connectivity index (χ3n) is 8.48. The van der Waals surface area contributed by atoms with Crippen molar-refractivity contribution < 1.29 is 0 Å². The van der Waals surface area contributed by atoms with Gasteiger partial charge in [-0.2, -0.15) is 0 Å². The van der Waals surface area contributed by atoms with Crippen molar-refractivity contribution in [1.82, 2.24) is 30.2 Å². The molecule has 0 bridgehead atoms. The molecule has 7 rings (SSSR count). The van der Waals surface area contributed by atoms with Gasteiger partial charge in [0, 0.05) is 30.9 Å². The topological polar surface area (TPSA) is 72.6 Å². The molecule has 0 fully saturated rings. The molecule has 0 saturated heterocycles. The Balaban J connectivity index is 1.27. The van der Waals surface area contributed by atoms with Crippen molar-refractivity contribution in [2.24, 2.45) is 0 Å². The number of hydrogen-bond acceptors (Lipinski definition) is 6. The van der Waals surface area contributed by atoms with E-state index in [1.54, 1.807) is 4.80 Å². The standard InChI is InChI=1S/C40H35N7/c1-29-27-38(42-30(2)41-29)46(3)28-31-23-25-32(26-24-31)36-21-13-14-22-37(36)39-43-45-47(44-39)40(33-15-7-4-8-16-33,34-17-9-5-10-18-34)35-19-11-6-12-20-35/h4-27H,28H2,1-3H3. The summed E-state index contributed by atoms with van der Waals surface area (Å²) in [6.07, 6.45) is 0. The molecule has 0 spiro atoms. The highest BCUT2D eigenvalue weighted by Crippen LogP contribution is 2.40. The molecule has 0 atom stereocenters. The first-order chi connectivity index (χ1) is 23.0. The lowest BCUT2D eigenvalue weighted by molar-refractivity contribution is 0.396. The monoisotopic (exact) mass is 613 g/mol. The van der Waals surface area contributed by atoms with Crippen molar-refractivity contribution in [1.29, 1.82) is 0 Å². The molecule has 0 aliphatic heterocycles. The van der Waals surface area contributed by atoms with Gasteiger partial charge in [-0.1, -0.05) is 140 Å². The van der Waals surface area contributed by atoms with Crippen LogP contribution in [0.25, 0.3) is 22.5 Å². The van der Waals surface area contributed by atoms with E-state index in [9.17, 15) is 0 Å². The number of tetrazole rings is 1. The Bertz CT molecular complexity index is 1970. The molecule has 0 N–H and O–H groups in total. The van der Waals surface area contributed by atoms with Crippen LogP contribution < -0.4 is 4.90 Å². The van der Waals surface area contributed by atoms with Crippen LogP contribution in [0.2, 0.25) is 0 Å². The summed E-state index contributed by atoms with van der Waals surface area (Å²) in [5.41, 5.74) is 7.48. The van der Waals surface area contributed by atoms with Crippen molar-refractivity contribution in [3.63, 3.8) is 0 Å². The number of anilines is 1. The zero-order valence-corrected chi connectivity index (χ0v) is 26.7. The van der Waals surface area contributed by atoms with Crippen LogP contribution in [0.15, 0.2) is 146 Å². The quantitative estimate of drug-likeness (QED) is 0.154. The normalized spacial score (nSPS) is 11.4. The van der Waals surface area contributed by atoms with E-state index in [0.717, 1.165) is 57.3 Å². The van der Waals surface area contributed by atoms with Crippen LogP contribution >= 0.6 is 0 Å². The Morgan fingerprint density at radius 3 is 1.70 bits per heavy atom. The second-order valence-electron chi connectivity index (χ2n) is 11.7. The molecule has 2 heterocycles. The maximum Gasteiger partial charge on any atom is 0.205 e. The van der Waals surface area contributed by atoms with Crippen LogP contribution in [-0.4, -0.2) is 37.2 Å². The maximum atomic E-state index is 5.15. The highest BCUT2D eigenvalue weighted by atomic mass is 15.6. The minimum Gasteiger partial charge on any atom is -0.355 e. The maximum absolute atomic E-state index is 5.15. The molecule has 7 heteroatoms. The Hall–Kier alpha value is -5.95. The number of aryl methyl sites for hydroxylation is 2. The second kappa shape index (κ2) is 12.8. The van der Waals surface area contributed by atoms with Crippen LogP contribution in [-0.2, 0) is 12.1 Å². The third-order valence-corrected chi connectivity index (χ3v) is 8.48. The fourth-order valence-corrected chi connectivity index (χ4v) is 6.32. The third kappa shape index (κ3) is 5.79. The summed E-state index contributed by atoms with van der Waals surface area (Å²) >= 11 is 0. The van der Waals surface area contributed by atoms with Gasteiger partial charge in [0.25, 0.3) is 0 Å². The lowest BCUT2D eigenvalue weighted by Gasteiger charge is -2.34. The fourth-order valence-electron chi connectivity index (χ4n) is 6.32. The van der Waals surface area contributed by atoms with E-state index in [4.69, 9.17) is 15.4 Å². The predicted molar refractivity (Wildman–Crippen MR) is 187 cm³/mol. The van der Waals surface area contributed by atoms with E-state index in [-0.39, 0.29) is 0 Å². The Morgan fingerprint density at radius 1 is 0.617 bits per heavy atom. The van der Waals surface area contributed by atoms with Gasteiger partial charge >= 0.3 is 0 Å². The van der Waals surface area contributed by atoms with Crippen molar-refractivity contribution in [2.45, 2.75) is 25.9 Å². The zero-order valence-electron chi connectivity index (χ0n) is 26.7. The van der Waals surface area contributed by atoms with Gasteiger partial charge < -0.3 is 4.90 Å². The van der Waals surface area contributed by atoms with E-state index < -0.39 is 5.54 Å². The minimum atomic E-state index is -0.835. The minimum absolute atomic E-state index is 0.561. The number of nitrogens with zero attached hydrogens (tertiary/aromatic N) is 7. The van der Waals surface area contributed by atoms with Crippen molar-refractivity contribution >= 4 is 5.82 Å². The molecule has 230 valence electrons. The Labute approximate surface area is 275 Å². The van der Waals surface area contributed by atoms with E-state index in [1.807, 2.05) is 50.2 Å². The van der Waals surface area contributed by atoms with Crippen LogP contribution in [0.3, 0.4) is 0 Å². The molecule has 5 aromatic carbocycles. The van der Waals surface area contributed by atoms with E-state index in [2.05, 4.69) is 131 Å². The van der Waals surface area contributed by atoms with E-state index in [1.165, 1.54) is 5.56 Å². The first kappa shape index (κ1) is 29.7. The highest BCUT2D eigenvalue weighted by Gasteiger charge is 2.41. The molecule has 47 heavy (non-hydrogen) atoms. The molecule has 0 radical (unpaired) electrons. The summed E-state index contributed by atoms with van der Waals surface area (Å²) in [5, 5.41) is 14.6. The summed E-state index contributed by atoms with van der Waals surface area (Å²) in [6, 6.07) is 50.1. The van der Waals surface area contributed by atoms with Crippen LogP contribution in [0, 0.1) is 13.8 Å². The number of aromatic nitrogens is 6. The molecule has 7 nitrogen and oxygen atoms in total. The zero-order chi connectivity index (χ0) is 32.2. The van der Waals surface area contributed by atoms with Gasteiger partial charge in [-0.15, -0.1) is 15.0 Å². The summed E-state index contributed by atoms with van der Waals surface area (Å²) in [5.74, 6) is 2.25. The Morgan fingerprint density at radius 2 is 1.15 bits per heavy atom. The number of hydrogen-bond donors (Lipinski definition) is 0. The van der Waals surface area contributed by atoms with Gasteiger partial charge in [-0.3, -0.25) is 0 Å². The van der Waals surface area contributed by atoms with Crippen molar-refractivity contribution in [3.8, 4) is 22.5 Å². The van der Waals surface area contributed by atoms with Crippen LogP contribution in [0.5, 0.6) is 0 Å². The molecule has 0 saturated carbocycles. The van der Waals surface area contributed by atoms with Gasteiger partial charge in [0.05, 0.1) is 0 Å². The highest BCUT2D eigenvalue weighted by molar-refractivity contribution is 5.80. The summed E-state index contributed by atoms with van der Waals surface area (Å²) in [7, 11) is 2.06. The molecule has 0 amide bonds. The SMILES string of the molecule is Cc1cc(N(C)Cc2ccc(-c3ccccc3-c3nnn(C(c4ccccc4)(c4ccccc4)c4ccccc4)n3)cc2)nc(C)n1. The first-order valence-electron chi connectivity index (χ1n) is 15.7. The predicted octanol–water partition coefficient (Wildman–Crippen LogP) is 7.89. The summed E-state index contributed by atoms with van der Waals surface area (Å²) in [4.78, 5) is 12.9. The van der Waals surface area contributed by atoms with Gasteiger partial charge in [0.15, 0.2) is 5.54 Å². The van der Waals surface area contributed by atoms with Crippen molar-refractivity contribution in [2.75, 3.05) is 11.9 Å². The average Bonchev–Trinajstić information content (AvgIpc) is 3.60. The van der Waals surface area contributed by atoms with Gasteiger partial charge in [-0.25, -0.2) is 9.97 Å². The number of rotatable bonds is 9. The smallest absolute Gasteiger partial charge is 0.205 e. The molecule has 0 unspecified atom stereocenters. The Kier molecular flexibility index (Phi) is 8.11. The largest absolute Gasteiger partial charge is 0.355 e. The van der Waals surface area contributed by atoms with Gasteiger partial charge in [0.1, 0.15) is 11.6 Å². The van der Waals surface area contributed by atoms with Gasteiger partial charge in [0.2, 0.25) is 5.82 Å². The van der Waals surface area contributed by atoms with Crippen molar-refractivity contribution in [3.05, 3.63) is 179 Å². The van der Waals surface area contributed by atoms with E-state index in [0.29, 0.717) is 5.82 Å². The first-order valence-corrected chi connectivity index (χ1v) is 15.7. The summed E-state index contributed by atoms with van der Waals surface area (Å²) < 4.78 is 0. The van der Waals surface area contributed by atoms with E-state index >= 15 is 0 Å². The number of benzene rings is 5. The van der Waals surface area contributed by atoms with Gasteiger partial charge in [-0.05, 0) is 52.4 Å².